The van der Waals surface area contributed by atoms with E-state index in [1.165, 1.54) is 6.92 Å². The Morgan fingerprint density at radius 2 is 1.69 bits per heavy atom. The van der Waals surface area contributed by atoms with Gasteiger partial charge in [-0.15, -0.1) is 0 Å². The van der Waals surface area contributed by atoms with E-state index in [4.69, 9.17) is 0 Å². The molecule has 0 bridgehead atoms. The molecular weight excluding hydrogens is 370 g/mol. The molecule has 1 unspecified atom stereocenters. The molecule has 0 spiro atoms. The molecule has 0 radical (unpaired) electrons. The van der Waals surface area contributed by atoms with Crippen LogP contribution in [-0.2, 0) is 21.4 Å². The van der Waals surface area contributed by atoms with Crippen molar-refractivity contribution >= 4 is 29.1 Å². The van der Waals surface area contributed by atoms with E-state index in [1.807, 2.05) is 29.9 Å². The number of aromatic nitrogens is 1. The Balaban J connectivity index is 1.60. The molecule has 2 heterocycles. The van der Waals surface area contributed by atoms with Crippen LogP contribution >= 0.6 is 0 Å². The molecule has 154 valence electrons. The van der Waals surface area contributed by atoms with Gasteiger partial charge in [0.2, 0.25) is 5.91 Å². The van der Waals surface area contributed by atoms with Gasteiger partial charge >= 0.3 is 11.8 Å². The lowest BCUT2D eigenvalue weighted by Gasteiger charge is -2.28. The van der Waals surface area contributed by atoms with Gasteiger partial charge in [-0.25, -0.2) is 0 Å². The van der Waals surface area contributed by atoms with Gasteiger partial charge in [0, 0.05) is 43.8 Å². The minimum Gasteiger partial charge on any atom is -0.353 e. The van der Waals surface area contributed by atoms with Crippen LogP contribution < -0.4 is 16.0 Å². The summed E-state index contributed by atoms with van der Waals surface area (Å²) in [5.41, 5.74) is 2.10. The van der Waals surface area contributed by atoms with Crippen LogP contribution in [0.4, 0.5) is 11.4 Å². The number of carbonyl (C=O) groups excluding carboxylic acids is 3. The second-order valence-electron chi connectivity index (χ2n) is 7.23. The van der Waals surface area contributed by atoms with Crippen LogP contribution in [0.2, 0.25) is 0 Å². The van der Waals surface area contributed by atoms with E-state index in [1.54, 1.807) is 24.3 Å². The molecular formula is C21H27N5O3. The zero-order chi connectivity index (χ0) is 20.8. The first-order valence-electron chi connectivity index (χ1n) is 9.76. The van der Waals surface area contributed by atoms with Gasteiger partial charge in [0.05, 0.1) is 6.04 Å². The van der Waals surface area contributed by atoms with Crippen molar-refractivity contribution in [1.29, 1.82) is 0 Å². The van der Waals surface area contributed by atoms with Crippen LogP contribution in [0.3, 0.4) is 0 Å². The molecule has 3 amide bonds. The average Bonchev–Trinajstić information content (AvgIpc) is 3.34. The molecule has 1 fully saturated rings. The highest BCUT2D eigenvalue weighted by atomic mass is 16.2. The maximum Gasteiger partial charge on any atom is 0.313 e. The van der Waals surface area contributed by atoms with E-state index in [9.17, 15) is 14.4 Å². The molecule has 1 aliphatic rings. The number of anilines is 2. The largest absolute Gasteiger partial charge is 0.353 e. The van der Waals surface area contributed by atoms with E-state index in [0.29, 0.717) is 17.9 Å². The monoisotopic (exact) mass is 397 g/mol. The summed E-state index contributed by atoms with van der Waals surface area (Å²) in [6.07, 6.45) is 4.26. The quantitative estimate of drug-likeness (QED) is 0.649. The van der Waals surface area contributed by atoms with Gasteiger partial charge in [-0.1, -0.05) is 6.07 Å². The lowest BCUT2D eigenvalue weighted by molar-refractivity contribution is -0.136. The summed E-state index contributed by atoms with van der Waals surface area (Å²) in [4.78, 5) is 38.2. The number of benzene rings is 1. The highest BCUT2D eigenvalue weighted by Gasteiger charge is 2.26. The van der Waals surface area contributed by atoms with Crippen molar-refractivity contribution in [2.45, 2.75) is 25.8 Å². The fraction of sp³-hybridized carbons (Fsp3) is 0.381. The van der Waals surface area contributed by atoms with Crippen molar-refractivity contribution in [2.24, 2.45) is 7.05 Å². The summed E-state index contributed by atoms with van der Waals surface area (Å²) >= 11 is 0. The maximum absolute atomic E-state index is 12.4. The summed E-state index contributed by atoms with van der Waals surface area (Å²) in [6, 6.07) is 10.7. The number of amides is 3. The standard InChI is InChI=1S/C21H27N5O3/c1-15(27)23-16-7-5-8-17(13-16)24-21(29)20(28)22-14-19(26-11-3-4-12-26)18-9-6-10-25(18)2/h5-10,13,19H,3-4,11-12,14H2,1-2H3,(H,22,28)(H,23,27)(H,24,29). The van der Waals surface area contributed by atoms with Crippen molar-refractivity contribution in [3.8, 4) is 0 Å². The fourth-order valence-electron chi connectivity index (χ4n) is 3.63. The van der Waals surface area contributed by atoms with Gasteiger partial charge < -0.3 is 20.5 Å². The number of hydrogen-bond acceptors (Lipinski definition) is 4. The molecule has 3 N–H and O–H groups in total. The summed E-state index contributed by atoms with van der Waals surface area (Å²) in [5.74, 6) is -1.63. The van der Waals surface area contributed by atoms with Gasteiger partial charge in [0.1, 0.15) is 0 Å². The third-order valence-corrected chi connectivity index (χ3v) is 5.01. The Bertz CT molecular complexity index is 886. The summed E-state index contributed by atoms with van der Waals surface area (Å²) in [6.45, 7) is 3.72. The van der Waals surface area contributed by atoms with E-state index < -0.39 is 11.8 Å². The smallest absolute Gasteiger partial charge is 0.313 e. The van der Waals surface area contributed by atoms with Gasteiger partial charge in [0.15, 0.2) is 0 Å². The van der Waals surface area contributed by atoms with Crippen molar-refractivity contribution < 1.29 is 14.4 Å². The zero-order valence-electron chi connectivity index (χ0n) is 16.8. The van der Waals surface area contributed by atoms with Crippen molar-refractivity contribution in [3.63, 3.8) is 0 Å². The van der Waals surface area contributed by atoms with Crippen LogP contribution in [0.15, 0.2) is 42.6 Å². The van der Waals surface area contributed by atoms with Crippen LogP contribution in [-0.4, -0.2) is 46.8 Å². The van der Waals surface area contributed by atoms with E-state index >= 15 is 0 Å². The highest BCUT2D eigenvalue weighted by Crippen LogP contribution is 2.24. The topological polar surface area (TPSA) is 95.5 Å². The van der Waals surface area contributed by atoms with Crippen LogP contribution in [0.1, 0.15) is 31.5 Å². The predicted octanol–water partition coefficient (Wildman–Crippen LogP) is 1.88. The number of hydrogen-bond donors (Lipinski definition) is 3. The van der Waals surface area contributed by atoms with Crippen LogP contribution in [0, 0.1) is 0 Å². The Kier molecular flexibility index (Phi) is 6.66. The molecule has 3 rings (SSSR count). The zero-order valence-corrected chi connectivity index (χ0v) is 16.8. The lowest BCUT2D eigenvalue weighted by atomic mass is 10.1. The van der Waals surface area contributed by atoms with Gasteiger partial charge in [-0.3, -0.25) is 19.3 Å². The number of rotatable bonds is 6. The van der Waals surface area contributed by atoms with Crippen LogP contribution in [0.25, 0.3) is 0 Å². The predicted molar refractivity (Wildman–Crippen MR) is 111 cm³/mol. The molecule has 8 heteroatoms. The Morgan fingerprint density at radius 1 is 1.00 bits per heavy atom. The van der Waals surface area contributed by atoms with Gasteiger partial charge in [-0.05, 0) is 56.3 Å². The molecule has 8 nitrogen and oxygen atoms in total. The molecule has 1 aliphatic heterocycles. The van der Waals surface area contributed by atoms with Crippen molar-refractivity contribution in [3.05, 3.63) is 48.3 Å². The first kappa shape index (κ1) is 20.6. The SMILES string of the molecule is CC(=O)Nc1cccc(NC(=O)C(=O)NCC(c2cccn2C)N2CCCC2)c1. The lowest BCUT2D eigenvalue weighted by Crippen LogP contribution is -2.41. The highest BCUT2D eigenvalue weighted by molar-refractivity contribution is 6.39. The molecule has 2 aromatic rings. The number of carbonyl (C=O) groups is 3. The second-order valence-corrected chi connectivity index (χ2v) is 7.23. The van der Waals surface area contributed by atoms with Gasteiger partial charge in [-0.2, -0.15) is 0 Å². The summed E-state index contributed by atoms with van der Waals surface area (Å²) in [7, 11) is 1.98. The van der Waals surface area contributed by atoms with Gasteiger partial charge in [0.25, 0.3) is 0 Å². The Hall–Kier alpha value is -3.13. The van der Waals surface area contributed by atoms with Crippen LogP contribution in [0.5, 0.6) is 0 Å². The Morgan fingerprint density at radius 3 is 2.31 bits per heavy atom. The molecule has 29 heavy (non-hydrogen) atoms. The molecule has 1 aromatic heterocycles. The first-order chi connectivity index (χ1) is 13.9. The van der Waals surface area contributed by atoms with E-state index in [2.05, 4.69) is 20.9 Å². The molecule has 1 atom stereocenters. The molecule has 0 saturated carbocycles. The van der Waals surface area contributed by atoms with E-state index in [-0.39, 0.29) is 11.9 Å². The average molecular weight is 397 g/mol. The third-order valence-electron chi connectivity index (χ3n) is 5.01. The fourth-order valence-corrected chi connectivity index (χ4v) is 3.63. The van der Waals surface area contributed by atoms with E-state index in [0.717, 1.165) is 31.6 Å². The number of aryl methyl sites for hydroxylation is 1. The molecule has 1 aromatic carbocycles. The first-order valence-corrected chi connectivity index (χ1v) is 9.76. The maximum atomic E-state index is 12.4. The summed E-state index contributed by atoms with van der Waals surface area (Å²) in [5, 5.41) is 7.98. The number of nitrogens with zero attached hydrogens (tertiary/aromatic N) is 2. The number of likely N-dealkylation sites (tertiary alicyclic amines) is 1. The van der Waals surface area contributed by atoms with Crippen molar-refractivity contribution in [1.82, 2.24) is 14.8 Å². The molecule has 1 saturated heterocycles. The summed E-state index contributed by atoms with van der Waals surface area (Å²) < 4.78 is 2.04. The van der Waals surface area contributed by atoms with Crippen molar-refractivity contribution in [2.75, 3.05) is 30.3 Å². The Labute approximate surface area is 170 Å². The minimum atomic E-state index is -0.739. The minimum absolute atomic E-state index is 0.0253. The third kappa shape index (κ3) is 5.45. The molecule has 0 aliphatic carbocycles. The normalized spacial score (nSPS) is 15.0. The second kappa shape index (κ2) is 9.38. The number of nitrogens with one attached hydrogen (secondary N) is 3.